The average Bonchev–Trinajstić information content (AvgIpc) is 1.97. The Labute approximate surface area is 75.3 Å². The van der Waals surface area contributed by atoms with Gasteiger partial charge in [-0.15, -0.1) is 0 Å². The third-order valence-electron chi connectivity index (χ3n) is 2.17. The van der Waals surface area contributed by atoms with Crippen LogP contribution in [0.3, 0.4) is 0 Å². The van der Waals surface area contributed by atoms with Gasteiger partial charge >= 0.3 is 0 Å². The highest BCUT2D eigenvalue weighted by Crippen LogP contribution is 2.08. The summed E-state index contributed by atoms with van der Waals surface area (Å²) in [6.45, 7) is 3.74. The normalized spacial score (nSPS) is 17.3. The van der Waals surface area contributed by atoms with Crippen LogP contribution < -0.4 is 5.73 Å². The third kappa shape index (κ3) is 4.07. The maximum atomic E-state index is 11.1. The Balaban J connectivity index is 4.02. The Hall–Kier alpha value is -0.0900. The van der Waals surface area contributed by atoms with E-state index >= 15 is 0 Å². The lowest BCUT2D eigenvalue weighted by molar-refractivity contribution is 0.531. The van der Waals surface area contributed by atoms with Gasteiger partial charge in [0.15, 0.2) is 9.84 Å². The molecule has 0 spiro atoms. The van der Waals surface area contributed by atoms with Crippen molar-refractivity contribution < 1.29 is 8.42 Å². The second kappa shape index (κ2) is 4.82. The molecule has 0 saturated heterocycles. The fourth-order valence-electron chi connectivity index (χ4n) is 0.992. The van der Waals surface area contributed by atoms with Crippen molar-refractivity contribution in [2.75, 3.05) is 6.26 Å². The molecule has 0 rings (SSSR count). The van der Waals surface area contributed by atoms with Gasteiger partial charge < -0.3 is 5.73 Å². The quantitative estimate of drug-likeness (QED) is 0.707. The van der Waals surface area contributed by atoms with Crippen molar-refractivity contribution >= 4 is 9.84 Å². The van der Waals surface area contributed by atoms with Gasteiger partial charge in [-0.2, -0.15) is 0 Å². The molecule has 0 amide bonds. The molecular weight excluding hydrogens is 174 g/mol. The van der Waals surface area contributed by atoms with Gasteiger partial charge in [-0.1, -0.05) is 19.8 Å². The number of rotatable bonds is 5. The van der Waals surface area contributed by atoms with Crippen LogP contribution in [0.15, 0.2) is 0 Å². The van der Waals surface area contributed by atoms with Crippen LogP contribution in [0.1, 0.15) is 33.1 Å². The molecule has 0 heterocycles. The number of hydrogen-bond acceptors (Lipinski definition) is 3. The van der Waals surface area contributed by atoms with Gasteiger partial charge in [0.2, 0.25) is 0 Å². The van der Waals surface area contributed by atoms with E-state index in [0.29, 0.717) is 0 Å². The SMILES string of the molecule is CCCCC(N)C(C)S(C)(=O)=O. The fraction of sp³-hybridized carbons (Fsp3) is 1.00. The van der Waals surface area contributed by atoms with Crippen molar-refractivity contribution in [3.63, 3.8) is 0 Å². The lowest BCUT2D eigenvalue weighted by Crippen LogP contribution is -2.37. The largest absolute Gasteiger partial charge is 0.327 e. The summed E-state index contributed by atoms with van der Waals surface area (Å²) < 4.78 is 22.1. The van der Waals surface area contributed by atoms with Crippen molar-refractivity contribution in [3.8, 4) is 0 Å². The van der Waals surface area contributed by atoms with E-state index in [1.807, 2.05) is 0 Å². The Bertz CT molecular complexity index is 211. The van der Waals surface area contributed by atoms with Crippen molar-refractivity contribution in [1.82, 2.24) is 0 Å². The topological polar surface area (TPSA) is 60.2 Å². The standard InChI is InChI=1S/C8H19NO2S/c1-4-5-6-8(9)7(2)12(3,10)11/h7-8H,4-6,9H2,1-3H3. The Morgan fingerprint density at radius 1 is 1.42 bits per heavy atom. The van der Waals surface area contributed by atoms with Crippen LogP contribution in [0.25, 0.3) is 0 Å². The Morgan fingerprint density at radius 2 is 1.92 bits per heavy atom. The third-order valence-corrected chi connectivity index (χ3v) is 3.87. The molecule has 0 bridgehead atoms. The number of hydrogen-bond donors (Lipinski definition) is 1. The molecule has 12 heavy (non-hydrogen) atoms. The lowest BCUT2D eigenvalue weighted by atomic mass is 10.1. The van der Waals surface area contributed by atoms with Gasteiger partial charge in [-0.25, -0.2) is 8.42 Å². The molecule has 2 unspecified atom stereocenters. The van der Waals surface area contributed by atoms with Gasteiger partial charge in [0.1, 0.15) is 0 Å². The van der Waals surface area contributed by atoms with Crippen LogP contribution in [0, 0.1) is 0 Å². The van der Waals surface area contributed by atoms with E-state index in [0.717, 1.165) is 19.3 Å². The molecule has 4 heteroatoms. The second-order valence-electron chi connectivity index (χ2n) is 3.34. The van der Waals surface area contributed by atoms with E-state index in [4.69, 9.17) is 5.73 Å². The first kappa shape index (κ1) is 11.9. The number of nitrogens with two attached hydrogens (primary N) is 1. The number of sulfone groups is 1. The molecule has 0 aliphatic heterocycles. The predicted octanol–water partition coefficient (Wildman–Crippen LogP) is 0.937. The van der Waals surface area contributed by atoms with Crippen LogP contribution >= 0.6 is 0 Å². The summed E-state index contributed by atoms with van der Waals surface area (Å²) in [6, 6.07) is -0.208. The van der Waals surface area contributed by atoms with E-state index in [9.17, 15) is 8.42 Å². The summed E-state index contributed by atoms with van der Waals surface area (Å²) >= 11 is 0. The molecule has 0 aromatic rings. The smallest absolute Gasteiger partial charge is 0.151 e. The van der Waals surface area contributed by atoms with Crippen LogP contribution in [0.2, 0.25) is 0 Å². The first-order valence-corrected chi connectivity index (χ1v) is 6.29. The van der Waals surface area contributed by atoms with Crippen LogP contribution in [0.5, 0.6) is 0 Å². The van der Waals surface area contributed by atoms with Crippen LogP contribution in [-0.2, 0) is 9.84 Å². The molecule has 2 atom stereocenters. The first-order chi connectivity index (χ1) is 5.39. The molecule has 0 aromatic heterocycles. The Kier molecular flexibility index (Phi) is 4.78. The second-order valence-corrected chi connectivity index (χ2v) is 5.74. The first-order valence-electron chi connectivity index (χ1n) is 4.34. The maximum Gasteiger partial charge on any atom is 0.151 e. The van der Waals surface area contributed by atoms with E-state index in [-0.39, 0.29) is 6.04 Å². The highest BCUT2D eigenvalue weighted by atomic mass is 32.2. The minimum absolute atomic E-state index is 0.208. The predicted molar refractivity (Wildman–Crippen MR) is 51.8 cm³/mol. The van der Waals surface area contributed by atoms with Crippen molar-refractivity contribution in [1.29, 1.82) is 0 Å². The molecule has 0 aliphatic rings. The van der Waals surface area contributed by atoms with Crippen molar-refractivity contribution in [3.05, 3.63) is 0 Å². The summed E-state index contributed by atoms with van der Waals surface area (Å²) in [6.07, 6.45) is 4.10. The van der Waals surface area contributed by atoms with E-state index < -0.39 is 15.1 Å². The van der Waals surface area contributed by atoms with Gasteiger partial charge in [-0.05, 0) is 13.3 Å². The van der Waals surface area contributed by atoms with E-state index in [1.165, 1.54) is 6.26 Å². The number of unbranched alkanes of at least 4 members (excludes halogenated alkanes) is 1. The van der Waals surface area contributed by atoms with Gasteiger partial charge in [-0.3, -0.25) is 0 Å². The average molecular weight is 193 g/mol. The summed E-state index contributed by atoms with van der Waals surface area (Å²) in [5.74, 6) is 0. The lowest BCUT2D eigenvalue weighted by Gasteiger charge is -2.17. The molecule has 0 aromatic carbocycles. The van der Waals surface area contributed by atoms with Crippen molar-refractivity contribution in [2.24, 2.45) is 5.73 Å². The molecule has 0 saturated carbocycles. The zero-order chi connectivity index (χ0) is 9.78. The summed E-state index contributed by atoms with van der Waals surface area (Å²) in [7, 11) is -2.96. The zero-order valence-corrected chi connectivity index (χ0v) is 8.89. The summed E-state index contributed by atoms with van der Waals surface area (Å²) in [5, 5.41) is -0.413. The summed E-state index contributed by atoms with van der Waals surface area (Å²) in [5.41, 5.74) is 5.71. The monoisotopic (exact) mass is 193 g/mol. The van der Waals surface area contributed by atoms with E-state index in [2.05, 4.69) is 6.92 Å². The zero-order valence-electron chi connectivity index (χ0n) is 8.08. The molecule has 74 valence electrons. The van der Waals surface area contributed by atoms with Crippen LogP contribution in [-0.4, -0.2) is 26.0 Å². The molecule has 0 aliphatic carbocycles. The molecule has 3 nitrogen and oxygen atoms in total. The molecule has 0 radical (unpaired) electrons. The van der Waals surface area contributed by atoms with E-state index in [1.54, 1.807) is 6.92 Å². The highest BCUT2D eigenvalue weighted by Gasteiger charge is 2.21. The highest BCUT2D eigenvalue weighted by molar-refractivity contribution is 7.91. The van der Waals surface area contributed by atoms with Gasteiger partial charge in [0, 0.05) is 12.3 Å². The van der Waals surface area contributed by atoms with Crippen molar-refractivity contribution in [2.45, 2.75) is 44.4 Å². The molecular formula is C8H19NO2S. The summed E-state index contributed by atoms with van der Waals surface area (Å²) in [4.78, 5) is 0. The Morgan fingerprint density at radius 3 is 2.25 bits per heavy atom. The van der Waals surface area contributed by atoms with Gasteiger partial charge in [0.05, 0.1) is 5.25 Å². The van der Waals surface area contributed by atoms with Crippen LogP contribution in [0.4, 0.5) is 0 Å². The molecule has 2 N–H and O–H groups in total. The minimum atomic E-state index is -2.96. The maximum absolute atomic E-state index is 11.1. The fourth-order valence-corrected chi connectivity index (χ4v) is 1.76. The van der Waals surface area contributed by atoms with Gasteiger partial charge in [0.25, 0.3) is 0 Å². The minimum Gasteiger partial charge on any atom is -0.327 e. The molecule has 0 fully saturated rings.